The van der Waals surface area contributed by atoms with Gasteiger partial charge in [-0.25, -0.2) is 0 Å². The number of halogens is 2. The largest absolute Gasteiger partial charge is 0.356 e. The molecule has 2 N–H and O–H groups in total. The van der Waals surface area contributed by atoms with Gasteiger partial charge in [0, 0.05) is 24.2 Å². The first-order valence-electron chi connectivity index (χ1n) is 7.26. The van der Waals surface area contributed by atoms with Gasteiger partial charge in [0.05, 0.1) is 6.54 Å². The third-order valence-corrected chi connectivity index (χ3v) is 3.24. The van der Waals surface area contributed by atoms with Crippen molar-refractivity contribution < 1.29 is 4.52 Å². The maximum atomic E-state index is 5.96. The van der Waals surface area contributed by atoms with E-state index in [1.54, 1.807) is 19.2 Å². The Kier molecular flexibility index (Phi) is 8.93. The maximum Gasteiger partial charge on any atom is 0.246 e. The zero-order valence-electron chi connectivity index (χ0n) is 13.2. The number of hydrogen-bond donors (Lipinski definition) is 2. The van der Waals surface area contributed by atoms with E-state index in [0.717, 1.165) is 30.9 Å². The Morgan fingerprint density at radius 1 is 1.35 bits per heavy atom. The molecule has 0 radical (unpaired) electrons. The molecule has 0 aliphatic carbocycles. The first-order chi connectivity index (χ1) is 10.7. The van der Waals surface area contributed by atoms with Crippen molar-refractivity contribution in [1.29, 1.82) is 0 Å². The summed E-state index contributed by atoms with van der Waals surface area (Å²) in [6, 6.07) is 7.35. The van der Waals surface area contributed by atoms with Gasteiger partial charge in [-0.15, -0.1) is 24.0 Å². The van der Waals surface area contributed by atoms with Gasteiger partial charge in [-0.2, -0.15) is 4.98 Å². The number of nitrogens with zero attached hydrogens (tertiary/aromatic N) is 3. The van der Waals surface area contributed by atoms with Crippen LogP contribution in [0.2, 0.25) is 5.02 Å². The van der Waals surface area contributed by atoms with Gasteiger partial charge in [-0.1, -0.05) is 42.2 Å². The Labute approximate surface area is 158 Å². The SMILES string of the molecule is CCCCNC(=NC)NCc1nc(-c2cccc(Cl)c2)no1.I. The number of hydrogen-bond acceptors (Lipinski definition) is 4. The number of aliphatic imine (C=N–C) groups is 1. The fraction of sp³-hybridized carbons (Fsp3) is 0.400. The second-order valence-corrected chi connectivity index (χ2v) is 5.16. The zero-order valence-corrected chi connectivity index (χ0v) is 16.3. The minimum atomic E-state index is 0. The van der Waals surface area contributed by atoms with Crippen LogP contribution in [0.5, 0.6) is 0 Å². The summed E-state index contributed by atoms with van der Waals surface area (Å²) in [6.07, 6.45) is 2.23. The number of benzene rings is 1. The molecule has 0 saturated heterocycles. The van der Waals surface area contributed by atoms with Gasteiger partial charge < -0.3 is 15.2 Å². The fourth-order valence-electron chi connectivity index (χ4n) is 1.84. The second kappa shape index (κ2) is 10.4. The Hall–Kier alpha value is -1.35. The van der Waals surface area contributed by atoms with Gasteiger partial charge >= 0.3 is 0 Å². The number of aromatic nitrogens is 2. The lowest BCUT2D eigenvalue weighted by Crippen LogP contribution is -2.37. The van der Waals surface area contributed by atoms with Crippen molar-refractivity contribution >= 4 is 41.5 Å². The van der Waals surface area contributed by atoms with Crippen molar-refractivity contribution in [2.24, 2.45) is 4.99 Å². The first kappa shape index (κ1) is 19.7. The van der Waals surface area contributed by atoms with Gasteiger partial charge in [-0.3, -0.25) is 4.99 Å². The number of rotatable bonds is 6. The molecule has 2 aromatic rings. The summed E-state index contributed by atoms with van der Waals surface area (Å²) in [5.74, 6) is 1.73. The Balaban J connectivity index is 0.00000264. The van der Waals surface area contributed by atoms with Crippen molar-refractivity contribution in [3.05, 3.63) is 35.2 Å². The van der Waals surface area contributed by atoms with Crippen LogP contribution in [0.25, 0.3) is 11.4 Å². The Morgan fingerprint density at radius 3 is 2.87 bits per heavy atom. The highest BCUT2D eigenvalue weighted by atomic mass is 127. The van der Waals surface area contributed by atoms with Gasteiger partial charge in [0.15, 0.2) is 5.96 Å². The van der Waals surface area contributed by atoms with Crippen LogP contribution >= 0.6 is 35.6 Å². The average Bonchev–Trinajstić information content (AvgIpc) is 3.00. The lowest BCUT2D eigenvalue weighted by molar-refractivity contribution is 0.375. The molecule has 0 unspecified atom stereocenters. The first-order valence-corrected chi connectivity index (χ1v) is 7.63. The van der Waals surface area contributed by atoms with Crippen LogP contribution < -0.4 is 10.6 Å². The summed E-state index contributed by atoms with van der Waals surface area (Å²) < 4.78 is 5.23. The van der Waals surface area contributed by atoms with E-state index >= 15 is 0 Å². The van der Waals surface area contributed by atoms with Gasteiger partial charge in [0.2, 0.25) is 11.7 Å². The zero-order chi connectivity index (χ0) is 15.8. The minimum absolute atomic E-state index is 0. The summed E-state index contributed by atoms with van der Waals surface area (Å²) in [4.78, 5) is 8.48. The quantitative estimate of drug-likeness (QED) is 0.306. The molecule has 0 atom stereocenters. The normalized spacial score (nSPS) is 11.0. The molecule has 0 aliphatic rings. The lowest BCUT2D eigenvalue weighted by Gasteiger charge is -2.09. The molecule has 0 aliphatic heterocycles. The molecular formula is C15H21ClIN5O. The molecular weight excluding hydrogens is 429 g/mol. The molecule has 23 heavy (non-hydrogen) atoms. The van der Waals surface area contributed by atoms with Crippen LogP contribution in [0.3, 0.4) is 0 Å². The lowest BCUT2D eigenvalue weighted by atomic mass is 10.2. The molecule has 1 aromatic carbocycles. The molecule has 2 rings (SSSR count). The van der Waals surface area contributed by atoms with Crippen LogP contribution in [0, 0.1) is 0 Å². The maximum absolute atomic E-state index is 5.96. The summed E-state index contributed by atoms with van der Waals surface area (Å²) in [5.41, 5.74) is 0.827. The van der Waals surface area contributed by atoms with Crippen LogP contribution in [0.4, 0.5) is 0 Å². The molecule has 0 bridgehead atoms. The van der Waals surface area contributed by atoms with E-state index in [0.29, 0.717) is 23.3 Å². The highest BCUT2D eigenvalue weighted by Crippen LogP contribution is 2.19. The Morgan fingerprint density at radius 2 is 2.17 bits per heavy atom. The third-order valence-electron chi connectivity index (χ3n) is 3.00. The van der Waals surface area contributed by atoms with Crippen molar-refractivity contribution in [2.75, 3.05) is 13.6 Å². The topological polar surface area (TPSA) is 75.3 Å². The predicted octanol–water partition coefficient (Wildman–Crippen LogP) is 3.47. The summed E-state index contributed by atoms with van der Waals surface area (Å²) in [5, 5.41) is 11.0. The van der Waals surface area contributed by atoms with Gasteiger partial charge in [-0.05, 0) is 18.6 Å². The number of guanidine groups is 1. The summed E-state index contributed by atoms with van der Waals surface area (Å²) in [6.45, 7) is 3.45. The number of nitrogens with one attached hydrogen (secondary N) is 2. The molecule has 0 fully saturated rings. The molecule has 0 saturated carbocycles. The predicted molar refractivity (Wildman–Crippen MR) is 103 cm³/mol. The van der Waals surface area contributed by atoms with Crippen LogP contribution in [0.15, 0.2) is 33.8 Å². The molecule has 6 nitrogen and oxygen atoms in total. The van der Waals surface area contributed by atoms with Crippen molar-refractivity contribution in [3.8, 4) is 11.4 Å². The van der Waals surface area contributed by atoms with Gasteiger partial charge in [0.25, 0.3) is 0 Å². The highest BCUT2D eigenvalue weighted by molar-refractivity contribution is 14.0. The number of unbranched alkanes of at least 4 members (excludes halogenated alkanes) is 1. The van der Waals surface area contributed by atoms with Crippen LogP contribution in [-0.2, 0) is 6.54 Å². The third kappa shape index (κ3) is 6.34. The van der Waals surface area contributed by atoms with E-state index < -0.39 is 0 Å². The monoisotopic (exact) mass is 449 g/mol. The molecule has 0 spiro atoms. The van der Waals surface area contributed by atoms with Crippen LogP contribution in [-0.4, -0.2) is 29.7 Å². The molecule has 126 valence electrons. The van der Waals surface area contributed by atoms with E-state index in [1.165, 1.54) is 0 Å². The Bertz CT molecular complexity index is 632. The molecule has 0 amide bonds. The molecule has 1 aromatic heterocycles. The molecule has 1 heterocycles. The van der Waals surface area contributed by atoms with E-state index in [1.807, 2.05) is 12.1 Å². The van der Waals surface area contributed by atoms with Crippen molar-refractivity contribution in [1.82, 2.24) is 20.8 Å². The van der Waals surface area contributed by atoms with Crippen LogP contribution in [0.1, 0.15) is 25.7 Å². The summed E-state index contributed by atoms with van der Waals surface area (Å²) in [7, 11) is 1.73. The van der Waals surface area contributed by atoms with E-state index in [-0.39, 0.29) is 24.0 Å². The second-order valence-electron chi connectivity index (χ2n) is 4.73. The van der Waals surface area contributed by atoms with E-state index in [4.69, 9.17) is 16.1 Å². The summed E-state index contributed by atoms with van der Waals surface area (Å²) >= 11 is 5.96. The average molecular weight is 450 g/mol. The standard InChI is InChI=1S/C15H20ClN5O.HI/c1-3-4-8-18-15(17-2)19-10-13-20-14(21-22-13)11-6-5-7-12(16)9-11;/h5-7,9H,3-4,8,10H2,1-2H3,(H2,17,18,19);1H. The van der Waals surface area contributed by atoms with Gasteiger partial charge in [0.1, 0.15) is 0 Å². The molecule has 8 heteroatoms. The minimum Gasteiger partial charge on any atom is -0.356 e. The van der Waals surface area contributed by atoms with E-state index in [9.17, 15) is 0 Å². The fourth-order valence-corrected chi connectivity index (χ4v) is 2.03. The highest BCUT2D eigenvalue weighted by Gasteiger charge is 2.09. The smallest absolute Gasteiger partial charge is 0.246 e. The van der Waals surface area contributed by atoms with E-state index in [2.05, 4.69) is 32.7 Å². The van der Waals surface area contributed by atoms with Crippen molar-refractivity contribution in [2.45, 2.75) is 26.3 Å². The van der Waals surface area contributed by atoms with Crippen molar-refractivity contribution in [3.63, 3.8) is 0 Å².